The van der Waals surface area contributed by atoms with E-state index in [1.807, 2.05) is 0 Å². The van der Waals surface area contributed by atoms with Crippen molar-refractivity contribution in [2.24, 2.45) is 0 Å². The molecule has 0 saturated carbocycles. The largest absolute Gasteiger partial charge is 0.487 e. The van der Waals surface area contributed by atoms with E-state index in [-0.39, 0.29) is 18.2 Å². The molecule has 23 heteroatoms. The second-order valence-electron chi connectivity index (χ2n) is 6.99. The summed E-state index contributed by atoms with van der Waals surface area (Å²) >= 11 is 0. The molecule has 38 heavy (non-hydrogen) atoms. The highest BCUT2D eigenvalue weighted by Gasteiger charge is 2.93. The van der Waals surface area contributed by atoms with Crippen molar-refractivity contribution in [1.82, 2.24) is 0 Å². The van der Waals surface area contributed by atoms with Gasteiger partial charge in [0.05, 0.1) is 28.0 Å². The van der Waals surface area contributed by atoms with Gasteiger partial charge in [0.2, 0.25) is 0 Å². The molecule has 218 valence electrons. The van der Waals surface area contributed by atoms with E-state index in [4.69, 9.17) is 0 Å². The number of nitro benzene ring substituents is 2. The molecule has 0 unspecified atom stereocenters. The number of hydrogen-bond acceptors (Lipinski definition) is 5. The van der Waals surface area contributed by atoms with E-state index in [1.165, 1.54) is 0 Å². The van der Waals surface area contributed by atoms with Crippen molar-refractivity contribution in [1.29, 1.82) is 0 Å². The predicted octanol–water partition coefficient (Wildman–Crippen LogP) is 6.59. The molecular formula is C15H6F16N2O5. The van der Waals surface area contributed by atoms with Crippen molar-refractivity contribution >= 4 is 11.4 Å². The molecule has 1 aromatic rings. The summed E-state index contributed by atoms with van der Waals surface area (Å²) in [7, 11) is 0. The number of non-ortho nitro benzene ring substituents is 2. The van der Waals surface area contributed by atoms with E-state index < -0.39 is 81.5 Å². The minimum Gasteiger partial charge on any atom is -0.487 e. The number of ether oxygens (including phenoxy) is 1. The predicted molar refractivity (Wildman–Crippen MR) is 85.9 cm³/mol. The standard InChI is InChI=1S/C15H6F16N2O5/c16-8(17)10(20,21)12(24,25)14(28,29)15(30,31)13(26,27)11(22,23)9(18,19)4-38-7-2-5(32(34)35)1-6(3-7)33(36)37/h1-3,8H,4H2. The fourth-order valence-electron chi connectivity index (χ4n) is 2.29. The fraction of sp³-hybridized carbons (Fsp3) is 0.600. The van der Waals surface area contributed by atoms with Gasteiger partial charge in [-0.1, -0.05) is 0 Å². The lowest BCUT2D eigenvalue weighted by Crippen LogP contribution is -2.74. The van der Waals surface area contributed by atoms with Crippen LogP contribution in [0, 0.1) is 20.2 Å². The number of benzene rings is 1. The van der Waals surface area contributed by atoms with Gasteiger partial charge < -0.3 is 4.74 Å². The van der Waals surface area contributed by atoms with Crippen LogP contribution in [0.2, 0.25) is 0 Å². The molecule has 0 aliphatic rings. The van der Waals surface area contributed by atoms with Gasteiger partial charge in [-0.25, -0.2) is 8.78 Å². The van der Waals surface area contributed by atoms with Gasteiger partial charge in [-0.05, 0) is 0 Å². The Bertz CT molecular complexity index is 1050. The van der Waals surface area contributed by atoms with Gasteiger partial charge >= 0.3 is 47.9 Å². The Labute approximate surface area is 196 Å². The molecule has 0 amide bonds. The number of hydrogen-bond donors (Lipinski definition) is 0. The monoisotopic (exact) mass is 598 g/mol. The molecule has 0 atom stereocenters. The van der Waals surface area contributed by atoms with Crippen molar-refractivity contribution in [3.63, 3.8) is 0 Å². The molecule has 0 radical (unpaired) electrons. The number of nitro groups is 2. The number of nitrogens with zero attached hydrogens (tertiary/aromatic N) is 2. The lowest BCUT2D eigenvalue weighted by atomic mass is 9.89. The summed E-state index contributed by atoms with van der Waals surface area (Å²) in [5.74, 6) is -57.7. The average molecular weight is 598 g/mol. The Balaban J connectivity index is 3.50. The van der Waals surface area contributed by atoms with Crippen molar-refractivity contribution < 1.29 is 84.8 Å². The molecule has 0 fully saturated rings. The van der Waals surface area contributed by atoms with Crippen molar-refractivity contribution in [3.8, 4) is 5.75 Å². The number of alkyl halides is 16. The van der Waals surface area contributed by atoms with Crippen molar-refractivity contribution in [2.45, 2.75) is 47.9 Å². The summed E-state index contributed by atoms with van der Waals surface area (Å²) in [4.78, 5) is 18.4. The van der Waals surface area contributed by atoms with Gasteiger partial charge in [0.25, 0.3) is 11.4 Å². The molecule has 0 aromatic heterocycles. The Hall–Kier alpha value is -3.30. The highest BCUT2D eigenvalue weighted by atomic mass is 19.4. The second-order valence-corrected chi connectivity index (χ2v) is 6.99. The van der Waals surface area contributed by atoms with Crippen LogP contribution in [-0.4, -0.2) is 64.3 Å². The maximum Gasteiger partial charge on any atom is 0.385 e. The zero-order valence-electron chi connectivity index (χ0n) is 17.0. The SMILES string of the molecule is O=[N+]([O-])c1cc(OCC(F)(F)C(F)(F)C(F)(F)C(F)(F)C(F)(F)C(F)(F)C(F)(F)C(F)F)cc([N+](=O)[O-])c1. The normalized spacial score (nSPS) is 14.6. The number of halogens is 16. The fourth-order valence-corrected chi connectivity index (χ4v) is 2.29. The van der Waals surface area contributed by atoms with Crippen molar-refractivity contribution in [2.75, 3.05) is 6.61 Å². The Morgan fingerprint density at radius 1 is 0.632 bits per heavy atom. The van der Waals surface area contributed by atoms with Crippen LogP contribution in [-0.2, 0) is 0 Å². The van der Waals surface area contributed by atoms with E-state index in [1.54, 1.807) is 0 Å². The van der Waals surface area contributed by atoms with Crippen LogP contribution in [0.4, 0.5) is 81.6 Å². The minimum atomic E-state index is -8.60. The van der Waals surface area contributed by atoms with Gasteiger partial charge in [-0.2, -0.15) is 61.5 Å². The van der Waals surface area contributed by atoms with E-state index in [0.717, 1.165) is 0 Å². The van der Waals surface area contributed by atoms with Crippen molar-refractivity contribution in [3.05, 3.63) is 38.4 Å². The molecular weight excluding hydrogens is 592 g/mol. The zero-order valence-corrected chi connectivity index (χ0v) is 17.0. The Morgan fingerprint density at radius 3 is 1.32 bits per heavy atom. The third-order valence-electron chi connectivity index (χ3n) is 4.45. The first kappa shape index (κ1) is 32.7. The zero-order chi connectivity index (χ0) is 30.5. The minimum absolute atomic E-state index is 0.0326. The van der Waals surface area contributed by atoms with Gasteiger partial charge in [-0.15, -0.1) is 0 Å². The summed E-state index contributed by atoms with van der Waals surface area (Å²) < 4.78 is 216. The molecule has 0 aliphatic heterocycles. The smallest absolute Gasteiger partial charge is 0.385 e. The van der Waals surface area contributed by atoms with E-state index in [9.17, 15) is 90.5 Å². The third kappa shape index (κ3) is 4.80. The second kappa shape index (κ2) is 9.47. The summed E-state index contributed by atoms with van der Waals surface area (Å²) in [6.07, 6.45) is -5.97. The Kier molecular flexibility index (Phi) is 8.15. The van der Waals surface area contributed by atoms with Gasteiger partial charge in [-0.3, -0.25) is 20.2 Å². The molecule has 1 rings (SSSR count). The van der Waals surface area contributed by atoms with E-state index in [0.29, 0.717) is 0 Å². The first-order chi connectivity index (χ1) is 16.6. The van der Waals surface area contributed by atoms with Crippen LogP contribution in [0.1, 0.15) is 0 Å². The highest BCUT2D eigenvalue weighted by molar-refractivity contribution is 5.49. The maximum atomic E-state index is 13.8. The summed E-state index contributed by atoms with van der Waals surface area (Å²) in [6.45, 7) is -3.35. The van der Waals surface area contributed by atoms with Crippen LogP contribution in [0.15, 0.2) is 18.2 Å². The molecule has 0 spiro atoms. The number of rotatable bonds is 12. The topological polar surface area (TPSA) is 95.5 Å². The highest BCUT2D eigenvalue weighted by Crippen LogP contribution is 2.62. The van der Waals surface area contributed by atoms with Crippen LogP contribution < -0.4 is 4.74 Å². The average Bonchev–Trinajstić information content (AvgIpc) is 2.76. The molecule has 0 bridgehead atoms. The molecule has 7 nitrogen and oxygen atoms in total. The summed E-state index contributed by atoms with van der Waals surface area (Å²) in [5, 5.41) is 21.3. The summed E-state index contributed by atoms with van der Waals surface area (Å²) in [6, 6.07) is 0.0654. The first-order valence-electron chi connectivity index (χ1n) is 8.63. The van der Waals surface area contributed by atoms with Gasteiger partial charge in [0.1, 0.15) is 5.75 Å². The summed E-state index contributed by atoms with van der Waals surface area (Å²) in [5.41, 5.74) is -2.74. The first-order valence-corrected chi connectivity index (χ1v) is 8.63. The van der Waals surface area contributed by atoms with Gasteiger partial charge in [0.15, 0.2) is 6.61 Å². The third-order valence-corrected chi connectivity index (χ3v) is 4.45. The quantitative estimate of drug-likeness (QED) is 0.154. The van der Waals surface area contributed by atoms with Gasteiger partial charge in [0, 0.05) is 0 Å². The van der Waals surface area contributed by atoms with E-state index in [2.05, 4.69) is 4.74 Å². The van der Waals surface area contributed by atoms with Crippen LogP contribution in [0.3, 0.4) is 0 Å². The van der Waals surface area contributed by atoms with Crippen LogP contribution >= 0.6 is 0 Å². The molecule has 0 heterocycles. The molecule has 0 aliphatic carbocycles. The lowest BCUT2D eigenvalue weighted by Gasteiger charge is -2.42. The molecule has 0 saturated heterocycles. The Morgan fingerprint density at radius 2 is 0.974 bits per heavy atom. The van der Waals surface area contributed by atoms with E-state index >= 15 is 0 Å². The lowest BCUT2D eigenvalue weighted by molar-refractivity contribution is -0.447. The molecule has 1 aromatic carbocycles. The van der Waals surface area contributed by atoms with Crippen LogP contribution in [0.5, 0.6) is 5.75 Å². The maximum absolute atomic E-state index is 13.8. The van der Waals surface area contributed by atoms with Crippen LogP contribution in [0.25, 0.3) is 0 Å². The molecule has 0 N–H and O–H groups in total.